The van der Waals surface area contributed by atoms with E-state index >= 15 is 0 Å². The van der Waals surface area contributed by atoms with E-state index in [2.05, 4.69) is 17.5 Å². The predicted molar refractivity (Wildman–Crippen MR) is 54.2 cm³/mol. The number of likely N-dealkylation sites (tertiary alicyclic amines) is 1. The molecule has 0 amide bonds. The van der Waals surface area contributed by atoms with E-state index in [9.17, 15) is 0 Å². The molecule has 1 aliphatic rings. The third kappa shape index (κ3) is 3.58. The summed E-state index contributed by atoms with van der Waals surface area (Å²) in [5.74, 6) is 0. The molecule has 0 aromatic carbocycles. The van der Waals surface area contributed by atoms with Gasteiger partial charge in [0.25, 0.3) is 0 Å². The van der Waals surface area contributed by atoms with Gasteiger partial charge in [-0.25, -0.2) is 0 Å². The van der Waals surface area contributed by atoms with E-state index in [0.717, 1.165) is 17.4 Å². The summed E-state index contributed by atoms with van der Waals surface area (Å²) in [6, 6.07) is 0. The van der Waals surface area contributed by atoms with Crippen LogP contribution in [0.25, 0.3) is 0 Å². The summed E-state index contributed by atoms with van der Waals surface area (Å²) in [6.07, 6.45) is 3.91. The molecule has 0 saturated carbocycles. The van der Waals surface area contributed by atoms with Crippen molar-refractivity contribution in [3.05, 3.63) is 0 Å². The molecule has 0 aliphatic carbocycles. The van der Waals surface area contributed by atoms with Crippen molar-refractivity contribution in [2.45, 2.75) is 19.3 Å². The van der Waals surface area contributed by atoms with Crippen LogP contribution in [0.4, 0.5) is 0 Å². The summed E-state index contributed by atoms with van der Waals surface area (Å²) in [4.78, 5) is 2.15. The summed E-state index contributed by atoms with van der Waals surface area (Å²) in [5, 5.41) is 0. The van der Waals surface area contributed by atoms with Gasteiger partial charge in [0.2, 0.25) is 0 Å². The summed E-state index contributed by atoms with van der Waals surface area (Å²) < 4.78 is 0.759. The van der Waals surface area contributed by atoms with Crippen molar-refractivity contribution in [2.75, 3.05) is 13.1 Å². The molecule has 1 saturated heterocycles. The Balaban J connectivity index is 0.000000810. The zero-order valence-electron chi connectivity index (χ0n) is 5.34. The molecule has 1 aliphatic heterocycles. The molecular formula is C6H12NNaS2. The van der Waals surface area contributed by atoms with Gasteiger partial charge in [0.05, 0.1) is 0 Å². The second-order valence-electron chi connectivity index (χ2n) is 2.33. The van der Waals surface area contributed by atoms with Crippen molar-refractivity contribution in [1.29, 1.82) is 0 Å². The standard InChI is InChI=1S/C6H11NS2.Na.H/c8-6(9)7-4-2-1-3-5-7;;/h1-5H2,(H,8,9);;. The fourth-order valence-electron chi connectivity index (χ4n) is 1.09. The number of rotatable bonds is 0. The van der Waals surface area contributed by atoms with E-state index in [1.165, 1.54) is 19.3 Å². The van der Waals surface area contributed by atoms with Crippen LogP contribution in [0.3, 0.4) is 0 Å². The number of hydrogen-bond donors (Lipinski definition) is 1. The Morgan fingerprint density at radius 3 is 2.00 bits per heavy atom. The first-order valence-electron chi connectivity index (χ1n) is 3.28. The van der Waals surface area contributed by atoms with Gasteiger partial charge in [-0.2, -0.15) is 0 Å². The van der Waals surface area contributed by atoms with Crippen molar-refractivity contribution in [3.63, 3.8) is 0 Å². The normalized spacial score (nSPS) is 17.9. The van der Waals surface area contributed by atoms with Gasteiger partial charge in [-0.15, -0.1) is 12.6 Å². The molecule has 1 heterocycles. The Morgan fingerprint density at radius 2 is 1.70 bits per heavy atom. The summed E-state index contributed by atoms with van der Waals surface area (Å²) >= 11 is 9.00. The third-order valence-electron chi connectivity index (χ3n) is 1.63. The minimum atomic E-state index is 0. The third-order valence-corrected chi connectivity index (χ3v) is 2.17. The average Bonchev–Trinajstić information content (AvgIpc) is 1.90. The van der Waals surface area contributed by atoms with E-state index in [0.29, 0.717) is 0 Å². The Bertz CT molecular complexity index is 112. The molecule has 0 N–H and O–H groups in total. The zero-order chi connectivity index (χ0) is 6.69. The van der Waals surface area contributed by atoms with Gasteiger partial charge in [0, 0.05) is 13.1 Å². The zero-order valence-corrected chi connectivity index (χ0v) is 7.05. The van der Waals surface area contributed by atoms with Crippen molar-refractivity contribution < 1.29 is 0 Å². The molecule has 4 heteroatoms. The Hall–Kier alpha value is 1.24. The van der Waals surface area contributed by atoms with Crippen molar-refractivity contribution in [3.8, 4) is 0 Å². The van der Waals surface area contributed by atoms with E-state index in [4.69, 9.17) is 12.2 Å². The molecule has 54 valence electrons. The van der Waals surface area contributed by atoms with Crippen LogP contribution in [0.15, 0.2) is 0 Å². The van der Waals surface area contributed by atoms with Gasteiger partial charge in [0.15, 0.2) is 0 Å². The fraction of sp³-hybridized carbons (Fsp3) is 0.833. The molecule has 0 unspecified atom stereocenters. The van der Waals surface area contributed by atoms with Crippen LogP contribution in [0.1, 0.15) is 19.3 Å². The molecule has 1 rings (SSSR count). The van der Waals surface area contributed by atoms with Crippen LogP contribution in [-0.4, -0.2) is 51.9 Å². The maximum absolute atomic E-state index is 4.91. The van der Waals surface area contributed by atoms with Crippen LogP contribution in [0, 0.1) is 0 Å². The average molecular weight is 185 g/mol. The molecule has 0 radical (unpaired) electrons. The molecule has 10 heavy (non-hydrogen) atoms. The summed E-state index contributed by atoms with van der Waals surface area (Å²) in [5.41, 5.74) is 0. The number of piperidine rings is 1. The van der Waals surface area contributed by atoms with E-state index < -0.39 is 0 Å². The molecule has 0 aromatic heterocycles. The molecule has 0 atom stereocenters. The van der Waals surface area contributed by atoms with Crippen molar-refractivity contribution in [2.24, 2.45) is 0 Å². The quantitative estimate of drug-likeness (QED) is 0.341. The molecule has 1 nitrogen and oxygen atoms in total. The Morgan fingerprint density at radius 1 is 1.20 bits per heavy atom. The summed E-state index contributed by atoms with van der Waals surface area (Å²) in [7, 11) is 0. The monoisotopic (exact) mass is 185 g/mol. The first kappa shape index (κ1) is 11.2. The first-order chi connectivity index (χ1) is 4.30. The number of thiocarbonyl (C=S) groups is 1. The Labute approximate surface area is 95.2 Å². The number of thiol groups is 1. The Kier molecular flexibility index (Phi) is 6.56. The predicted octanol–water partition coefficient (Wildman–Crippen LogP) is 1.04. The van der Waals surface area contributed by atoms with E-state index in [1.54, 1.807) is 0 Å². The second kappa shape index (κ2) is 5.84. The van der Waals surface area contributed by atoms with Gasteiger partial charge in [0.1, 0.15) is 4.32 Å². The topological polar surface area (TPSA) is 3.24 Å². The molecule has 0 aromatic rings. The van der Waals surface area contributed by atoms with Crippen LogP contribution < -0.4 is 0 Å². The second-order valence-corrected chi connectivity index (χ2v) is 3.44. The fourth-order valence-corrected chi connectivity index (χ4v) is 1.47. The van der Waals surface area contributed by atoms with Crippen LogP contribution in [0.2, 0.25) is 0 Å². The van der Waals surface area contributed by atoms with Gasteiger partial charge in [-0.3, -0.25) is 0 Å². The summed E-state index contributed by atoms with van der Waals surface area (Å²) in [6.45, 7) is 2.23. The van der Waals surface area contributed by atoms with E-state index in [1.807, 2.05) is 0 Å². The maximum atomic E-state index is 4.91. The molecule has 1 fully saturated rings. The molecule has 0 spiro atoms. The van der Waals surface area contributed by atoms with Crippen LogP contribution in [0.5, 0.6) is 0 Å². The number of hydrogen-bond acceptors (Lipinski definition) is 1. The van der Waals surface area contributed by atoms with Crippen LogP contribution >= 0.6 is 24.8 Å². The molecule has 0 bridgehead atoms. The SMILES string of the molecule is S=C(S)N1CCCCC1.[NaH]. The van der Waals surface area contributed by atoms with Crippen LogP contribution in [-0.2, 0) is 0 Å². The number of nitrogens with zero attached hydrogens (tertiary/aromatic N) is 1. The van der Waals surface area contributed by atoms with E-state index in [-0.39, 0.29) is 29.6 Å². The molecular weight excluding hydrogens is 173 g/mol. The van der Waals surface area contributed by atoms with Crippen molar-refractivity contribution in [1.82, 2.24) is 4.90 Å². The first-order valence-corrected chi connectivity index (χ1v) is 4.14. The van der Waals surface area contributed by atoms with Gasteiger partial charge >= 0.3 is 29.6 Å². The minimum absolute atomic E-state index is 0. The van der Waals surface area contributed by atoms with Gasteiger partial charge < -0.3 is 4.90 Å². The van der Waals surface area contributed by atoms with Crippen molar-refractivity contribution >= 4 is 58.7 Å². The van der Waals surface area contributed by atoms with Gasteiger partial charge in [-0.05, 0) is 19.3 Å². The van der Waals surface area contributed by atoms with Gasteiger partial charge in [-0.1, -0.05) is 12.2 Å².